The maximum Gasteiger partial charge on any atom is 0.178 e. The molecular weight excluding hydrogens is 424 g/mol. The highest BCUT2D eigenvalue weighted by Crippen LogP contribution is 2.28. The second-order valence-electron chi connectivity index (χ2n) is 5.86. The predicted octanol–water partition coefficient (Wildman–Crippen LogP) is 5.57. The molecule has 2 N–H and O–H groups in total. The average molecular weight is 443 g/mol. The lowest BCUT2D eigenvalue weighted by Crippen LogP contribution is -2.34. The molecule has 3 aromatic carbocycles. The number of thiocarbonyl (C=S) groups is 1. The number of hydrogen-bond acceptors (Lipinski definition) is 3. The molecule has 0 bridgehead atoms. The second-order valence-corrected chi connectivity index (χ2v) is 7.17. The van der Waals surface area contributed by atoms with Crippen molar-refractivity contribution in [2.24, 2.45) is 0 Å². The Morgan fingerprint density at radius 3 is 2.44 bits per heavy atom. The number of aromatic hydroxyl groups is 1. The molecule has 0 atom stereocenters. The minimum atomic E-state index is 0.112. The van der Waals surface area contributed by atoms with Gasteiger partial charge in [0.1, 0.15) is 0 Å². The summed E-state index contributed by atoms with van der Waals surface area (Å²) in [4.78, 5) is 2.00. The summed E-state index contributed by atoms with van der Waals surface area (Å²) >= 11 is 9.15. The third kappa shape index (κ3) is 4.99. The lowest BCUT2D eigenvalue weighted by molar-refractivity contribution is 0.373. The molecule has 27 heavy (non-hydrogen) atoms. The van der Waals surface area contributed by atoms with Gasteiger partial charge in [0.15, 0.2) is 16.6 Å². The van der Waals surface area contributed by atoms with Crippen LogP contribution in [0, 0.1) is 0 Å². The van der Waals surface area contributed by atoms with E-state index in [0.717, 1.165) is 21.4 Å². The zero-order valence-corrected chi connectivity index (χ0v) is 17.1. The second kappa shape index (κ2) is 8.88. The number of halogens is 1. The van der Waals surface area contributed by atoms with Gasteiger partial charge < -0.3 is 20.1 Å². The number of phenols is 1. The molecule has 138 valence electrons. The Morgan fingerprint density at radius 1 is 1.07 bits per heavy atom. The van der Waals surface area contributed by atoms with Gasteiger partial charge in [-0.25, -0.2) is 0 Å². The molecule has 4 nitrogen and oxygen atoms in total. The average Bonchev–Trinajstić information content (AvgIpc) is 2.69. The number of nitrogens with one attached hydrogen (secondary N) is 1. The number of ether oxygens (including phenoxy) is 1. The van der Waals surface area contributed by atoms with Crippen LogP contribution >= 0.6 is 28.1 Å². The number of phenolic OH excluding ortho intramolecular Hbond substituents is 1. The SMILES string of the molecule is COc1cc(CN(C(=S)Nc2ccccc2)c2ccc(Br)cc2)ccc1O. The first-order chi connectivity index (χ1) is 13.1. The van der Waals surface area contributed by atoms with E-state index in [9.17, 15) is 5.11 Å². The van der Waals surface area contributed by atoms with Gasteiger partial charge in [-0.2, -0.15) is 0 Å². The van der Waals surface area contributed by atoms with E-state index >= 15 is 0 Å². The highest BCUT2D eigenvalue weighted by molar-refractivity contribution is 9.10. The third-order valence-electron chi connectivity index (χ3n) is 3.99. The van der Waals surface area contributed by atoms with E-state index in [1.165, 1.54) is 7.11 Å². The molecule has 0 radical (unpaired) electrons. The van der Waals surface area contributed by atoms with E-state index in [1.807, 2.05) is 71.6 Å². The molecule has 0 unspecified atom stereocenters. The van der Waals surface area contributed by atoms with Crippen LogP contribution in [0.3, 0.4) is 0 Å². The van der Waals surface area contributed by atoms with Crippen molar-refractivity contribution in [2.75, 3.05) is 17.3 Å². The molecule has 0 saturated heterocycles. The van der Waals surface area contributed by atoms with Crippen LogP contribution in [-0.2, 0) is 6.54 Å². The molecule has 0 saturated carbocycles. The fourth-order valence-corrected chi connectivity index (χ4v) is 3.17. The number of anilines is 2. The van der Waals surface area contributed by atoms with E-state index in [2.05, 4.69) is 21.2 Å². The molecule has 0 amide bonds. The molecule has 0 spiro atoms. The summed E-state index contributed by atoms with van der Waals surface area (Å²) in [6.45, 7) is 0.525. The van der Waals surface area contributed by atoms with E-state index in [1.54, 1.807) is 6.07 Å². The Balaban J connectivity index is 1.89. The number of hydrogen-bond donors (Lipinski definition) is 2. The number of nitrogens with zero attached hydrogens (tertiary/aromatic N) is 1. The standard InChI is InChI=1S/C21H19BrN2O2S/c1-26-20-13-15(7-12-19(20)25)14-24(18-10-8-16(22)9-11-18)21(27)23-17-5-3-2-4-6-17/h2-13,25H,14H2,1H3,(H,23,27). The van der Waals surface area contributed by atoms with Crippen LogP contribution in [0.4, 0.5) is 11.4 Å². The molecule has 0 aromatic heterocycles. The molecule has 0 fully saturated rings. The Bertz CT molecular complexity index is 917. The maximum absolute atomic E-state index is 9.84. The van der Waals surface area contributed by atoms with Crippen molar-refractivity contribution in [3.63, 3.8) is 0 Å². The summed E-state index contributed by atoms with van der Waals surface area (Å²) in [5, 5.41) is 13.7. The van der Waals surface area contributed by atoms with Crippen LogP contribution in [0.5, 0.6) is 11.5 Å². The monoisotopic (exact) mass is 442 g/mol. The van der Waals surface area contributed by atoms with Crippen molar-refractivity contribution >= 4 is 44.6 Å². The van der Waals surface area contributed by atoms with Crippen LogP contribution in [0.2, 0.25) is 0 Å². The summed E-state index contributed by atoms with van der Waals surface area (Å²) in [6, 6.07) is 23.1. The van der Waals surface area contributed by atoms with Crippen LogP contribution in [-0.4, -0.2) is 17.3 Å². The van der Waals surface area contributed by atoms with Crippen molar-refractivity contribution in [2.45, 2.75) is 6.54 Å². The van der Waals surface area contributed by atoms with Crippen molar-refractivity contribution in [3.05, 3.63) is 82.8 Å². The van der Waals surface area contributed by atoms with Gasteiger partial charge in [0.25, 0.3) is 0 Å². The van der Waals surface area contributed by atoms with E-state index in [4.69, 9.17) is 17.0 Å². The summed E-state index contributed by atoms with van der Waals surface area (Å²) in [7, 11) is 1.53. The highest BCUT2D eigenvalue weighted by Gasteiger charge is 2.14. The van der Waals surface area contributed by atoms with E-state index in [0.29, 0.717) is 17.4 Å². The molecular formula is C21H19BrN2O2S. The Kier molecular flexibility index (Phi) is 6.32. The van der Waals surface area contributed by atoms with Crippen molar-refractivity contribution in [3.8, 4) is 11.5 Å². The van der Waals surface area contributed by atoms with Gasteiger partial charge in [-0.15, -0.1) is 0 Å². The number of para-hydroxylation sites is 1. The zero-order valence-electron chi connectivity index (χ0n) is 14.7. The molecule has 6 heteroatoms. The highest BCUT2D eigenvalue weighted by atomic mass is 79.9. The molecule has 0 aliphatic heterocycles. The fourth-order valence-electron chi connectivity index (χ4n) is 2.62. The Morgan fingerprint density at radius 2 is 1.78 bits per heavy atom. The quantitative estimate of drug-likeness (QED) is 0.505. The van der Waals surface area contributed by atoms with Gasteiger partial charge >= 0.3 is 0 Å². The van der Waals surface area contributed by atoms with E-state index in [-0.39, 0.29) is 5.75 Å². The zero-order chi connectivity index (χ0) is 19.2. The van der Waals surface area contributed by atoms with Crippen LogP contribution in [0.25, 0.3) is 0 Å². The molecule has 0 heterocycles. The predicted molar refractivity (Wildman–Crippen MR) is 118 cm³/mol. The molecule has 3 rings (SSSR count). The Hall–Kier alpha value is -2.57. The molecule has 0 aliphatic rings. The van der Waals surface area contributed by atoms with Crippen molar-refractivity contribution < 1.29 is 9.84 Å². The van der Waals surface area contributed by atoms with Gasteiger partial charge in [0.2, 0.25) is 0 Å². The lowest BCUT2D eigenvalue weighted by atomic mass is 10.1. The number of methoxy groups -OCH3 is 1. The lowest BCUT2D eigenvalue weighted by Gasteiger charge is -2.26. The first kappa shape index (κ1) is 19.2. The van der Waals surface area contributed by atoms with Crippen molar-refractivity contribution in [1.82, 2.24) is 0 Å². The van der Waals surface area contributed by atoms with Gasteiger partial charge in [0.05, 0.1) is 13.7 Å². The number of rotatable bonds is 5. The maximum atomic E-state index is 9.84. The van der Waals surface area contributed by atoms with Gasteiger partial charge in [-0.3, -0.25) is 0 Å². The summed E-state index contributed by atoms with van der Waals surface area (Å²) < 4.78 is 6.22. The van der Waals surface area contributed by atoms with Gasteiger partial charge in [0, 0.05) is 15.8 Å². The first-order valence-corrected chi connectivity index (χ1v) is 9.52. The largest absolute Gasteiger partial charge is 0.504 e. The van der Waals surface area contributed by atoms with Crippen LogP contribution < -0.4 is 15.0 Å². The van der Waals surface area contributed by atoms with Crippen LogP contribution in [0.15, 0.2) is 77.3 Å². The van der Waals surface area contributed by atoms with E-state index < -0.39 is 0 Å². The normalized spacial score (nSPS) is 10.3. The minimum absolute atomic E-state index is 0.112. The Labute approximate surface area is 172 Å². The summed E-state index contributed by atoms with van der Waals surface area (Å²) in [5.74, 6) is 0.548. The van der Waals surface area contributed by atoms with Crippen molar-refractivity contribution in [1.29, 1.82) is 0 Å². The smallest absolute Gasteiger partial charge is 0.178 e. The summed E-state index contributed by atoms with van der Waals surface area (Å²) in [6.07, 6.45) is 0. The third-order valence-corrected chi connectivity index (χ3v) is 4.84. The van der Waals surface area contributed by atoms with Gasteiger partial charge in [-0.1, -0.05) is 40.2 Å². The van der Waals surface area contributed by atoms with Crippen LogP contribution in [0.1, 0.15) is 5.56 Å². The minimum Gasteiger partial charge on any atom is -0.504 e. The topological polar surface area (TPSA) is 44.7 Å². The first-order valence-electron chi connectivity index (χ1n) is 8.32. The fraction of sp³-hybridized carbons (Fsp3) is 0.0952. The number of benzene rings is 3. The molecule has 3 aromatic rings. The molecule has 0 aliphatic carbocycles. The van der Waals surface area contributed by atoms with Gasteiger partial charge in [-0.05, 0) is 66.3 Å². The summed E-state index contributed by atoms with van der Waals surface area (Å²) in [5.41, 5.74) is 2.84.